The molecule has 0 spiro atoms. The lowest BCUT2D eigenvalue weighted by Crippen LogP contribution is -2.33. The Morgan fingerprint density at radius 1 is 1.19 bits per heavy atom. The first-order valence-corrected chi connectivity index (χ1v) is 11.9. The number of amides is 1. The molecule has 2 N–H and O–H groups in total. The molecule has 2 aromatic carbocycles. The highest BCUT2D eigenvalue weighted by molar-refractivity contribution is 7.89. The van der Waals surface area contributed by atoms with Gasteiger partial charge in [-0.05, 0) is 68.7 Å². The van der Waals surface area contributed by atoms with Crippen LogP contribution in [0.3, 0.4) is 0 Å². The van der Waals surface area contributed by atoms with Gasteiger partial charge in [-0.25, -0.2) is 13.1 Å². The first kappa shape index (κ1) is 23.7. The van der Waals surface area contributed by atoms with Crippen molar-refractivity contribution in [1.82, 2.24) is 4.72 Å². The maximum absolute atomic E-state index is 13.1. The number of aliphatic carboxylic acids is 1. The molecule has 0 unspecified atom stereocenters. The van der Waals surface area contributed by atoms with Gasteiger partial charge in [0.25, 0.3) is 0 Å². The van der Waals surface area contributed by atoms with Crippen molar-refractivity contribution in [2.45, 2.75) is 63.6 Å². The minimum atomic E-state index is -4.01. The second kappa shape index (κ2) is 9.30. The van der Waals surface area contributed by atoms with Crippen LogP contribution in [-0.4, -0.2) is 37.5 Å². The Kier molecular flexibility index (Phi) is 6.90. The van der Waals surface area contributed by atoms with Crippen molar-refractivity contribution in [3.8, 4) is 5.75 Å². The van der Waals surface area contributed by atoms with Gasteiger partial charge >= 0.3 is 5.97 Å². The van der Waals surface area contributed by atoms with Crippen LogP contribution in [0.2, 0.25) is 0 Å². The van der Waals surface area contributed by atoms with Gasteiger partial charge in [0.15, 0.2) is 0 Å². The molecule has 2 aromatic rings. The lowest BCUT2D eigenvalue weighted by atomic mass is 10.0. The Bertz CT molecular complexity index is 1110. The highest BCUT2D eigenvalue weighted by atomic mass is 32.2. The van der Waals surface area contributed by atoms with E-state index in [1.807, 2.05) is 20.8 Å². The van der Waals surface area contributed by atoms with Crippen LogP contribution in [0.25, 0.3) is 0 Å². The fourth-order valence-corrected chi connectivity index (χ4v) is 5.24. The maximum atomic E-state index is 13.1. The maximum Gasteiger partial charge on any atom is 0.305 e. The number of carboxylic acid groups (broad SMARTS) is 1. The van der Waals surface area contributed by atoms with Crippen LogP contribution in [0.1, 0.15) is 51.3 Å². The van der Waals surface area contributed by atoms with Gasteiger partial charge in [-0.1, -0.05) is 12.1 Å². The number of hydrogen-bond acceptors (Lipinski definition) is 5. The van der Waals surface area contributed by atoms with E-state index >= 15 is 0 Å². The van der Waals surface area contributed by atoms with E-state index in [4.69, 9.17) is 4.74 Å². The van der Waals surface area contributed by atoms with Gasteiger partial charge < -0.3 is 14.7 Å². The average molecular weight is 461 g/mol. The van der Waals surface area contributed by atoms with Gasteiger partial charge in [-0.15, -0.1) is 0 Å². The summed E-state index contributed by atoms with van der Waals surface area (Å²) in [6.45, 7) is 7.17. The third kappa shape index (κ3) is 5.28. The molecule has 0 saturated carbocycles. The minimum Gasteiger partial charge on any atom is -0.491 e. The molecule has 1 amide bonds. The van der Waals surface area contributed by atoms with Crippen LogP contribution in [-0.2, 0) is 26.0 Å². The second-order valence-corrected chi connectivity index (χ2v) is 9.95. The van der Waals surface area contributed by atoms with Crippen LogP contribution in [0.5, 0.6) is 5.75 Å². The number of anilines is 1. The van der Waals surface area contributed by atoms with Crippen molar-refractivity contribution in [2.75, 3.05) is 4.90 Å². The fourth-order valence-electron chi connectivity index (χ4n) is 3.96. The molecule has 1 aliphatic heterocycles. The summed E-state index contributed by atoms with van der Waals surface area (Å²) in [5, 5.41) is 9.33. The molecule has 2 atom stereocenters. The van der Waals surface area contributed by atoms with Crippen molar-refractivity contribution < 1.29 is 27.9 Å². The number of sulfonamides is 1. The molecule has 0 bridgehead atoms. The zero-order chi connectivity index (χ0) is 23.6. The van der Waals surface area contributed by atoms with Crippen molar-refractivity contribution in [2.24, 2.45) is 0 Å². The Morgan fingerprint density at radius 3 is 2.41 bits per heavy atom. The predicted molar refractivity (Wildman–Crippen MR) is 120 cm³/mol. The first-order valence-electron chi connectivity index (χ1n) is 10.4. The average Bonchev–Trinajstić information content (AvgIpc) is 3.02. The van der Waals surface area contributed by atoms with Crippen LogP contribution >= 0.6 is 0 Å². The van der Waals surface area contributed by atoms with Crippen LogP contribution in [0.4, 0.5) is 5.69 Å². The van der Waals surface area contributed by atoms with E-state index in [2.05, 4.69) is 4.72 Å². The number of nitrogens with one attached hydrogen (secondary N) is 1. The van der Waals surface area contributed by atoms with Crippen LogP contribution < -0.4 is 14.4 Å². The molecule has 0 radical (unpaired) electrons. The van der Waals surface area contributed by atoms with Gasteiger partial charge in [0.05, 0.1) is 23.5 Å². The van der Waals surface area contributed by atoms with Crippen LogP contribution in [0, 0.1) is 0 Å². The van der Waals surface area contributed by atoms with E-state index in [-0.39, 0.29) is 22.9 Å². The van der Waals surface area contributed by atoms with Crippen LogP contribution in [0.15, 0.2) is 47.4 Å². The molecule has 3 rings (SSSR count). The number of carbonyl (C=O) groups excluding carboxylic acids is 1. The SMILES string of the molecule is CC(=O)N1c2ccc(S(=O)(=O)N[C@@H](CC(=O)O)c3ccc(OC(C)C)cc3)cc2C[C@H]1C. The number of rotatable bonds is 8. The van der Waals surface area contributed by atoms with Gasteiger partial charge in [0.2, 0.25) is 15.9 Å². The largest absolute Gasteiger partial charge is 0.491 e. The Labute approximate surface area is 188 Å². The van der Waals surface area contributed by atoms with E-state index in [0.29, 0.717) is 23.4 Å². The summed E-state index contributed by atoms with van der Waals surface area (Å²) in [4.78, 5) is 25.0. The molecular weight excluding hydrogens is 432 g/mol. The lowest BCUT2D eigenvalue weighted by molar-refractivity contribution is -0.137. The summed E-state index contributed by atoms with van der Waals surface area (Å²) in [5.41, 5.74) is 1.98. The molecule has 32 heavy (non-hydrogen) atoms. The van der Waals surface area contributed by atoms with Crippen molar-refractivity contribution in [3.63, 3.8) is 0 Å². The smallest absolute Gasteiger partial charge is 0.305 e. The number of carbonyl (C=O) groups is 2. The summed E-state index contributed by atoms with van der Waals surface area (Å²) >= 11 is 0. The third-order valence-electron chi connectivity index (χ3n) is 5.25. The Balaban J connectivity index is 1.87. The first-order chi connectivity index (χ1) is 15.0. The molecule has 0 aromatic heterocycles. The minimum absolute atomic E-state index is 0.0179. The van der Waals surface area contributed by atoms with E-state index in [1.54, 1.807) is 41.3 Å². The molecule has 9 heteroatoms. The molecular formula is C23H28N2O6S. The standard InChI is InChI=1S/C23H28N2O6S/c1-14(2)31-19-7-5-17(6-8-19)21(13-23(27)28)24-32(29,30)20-9-10-22-18(12-20)11-15(3)25(22)16(4)26/h5-10,12,14-15,21,24H,11,13H2,1-4H3,(H,27,28)/t15-,21+/m1/s1. The van der Waals surface area contributed by atoms with Crippen molar-refractivity contribution >= 4 is 27.6 Å². The van der Waals surface area contributed by atoms with E-state index in [1.165, 1.54) is 13.0 Å². The Morgan fingerprint density at radius 2 is 1.84 bits per heavy atom. The summed E-state index contributed by atoms with van der Waals surface area (Å²) in [5.74, 6) is -0.611. The van der Waals surface area contributed by atoms with Gasteiger partial charge in [-0.2, -0.15) is 0 Å². The van der Waals surface area contributed by atoms with Crippen molar-refractivity contribution in [1.29, 1.82) is 0 Å². The van der Waals surface area contributed by atoms with E-state index < -0.39 is 28.5 Å². The molecule has 0 fully saturated rings. The van der Waals surface area contributed by atoms with E-state index in [9.17, 15) is 23.1 Å². The topological polar surface area (TPSA) is 113 Å². The quantitative estimate of drug-likeness (QED) is 0.625. The highest BCUT2D eigenvalue weighted by Crippen LogP contribution is 2.34. The zero-order valence-electron chi connectivity index (χ0n) is 18.5. The summed E-state index contributed by atoms with van der Waals surface area (Å²) < 4.78 is 34.3. The molecule has 0 aliphatic carbocycles. The number of fused-ring (bicyclic) bond motifs is 1. The highest BCUT2D eigenvalue weighted by Gasteiger charge is 2.31. The normalized spacial score (nSPS) is 16.7. The fraction of sp³-hybridized carbons (Fsp3) is 0.391. The monoisotopic (exact) mass is 460 g/mol. The molecule has 8 nitrogen and oxygen atoms in total. The van der Waals surface area contributed by atoms with Gasteiger partial charge in [-0.3, -0.25) is 9.59 Å². The second-order valence-electron chi connectivity index (χ2n) is 8.24. The number of nitrogens with zero attached hydrogens (tertiary/aromatic N) is 1. The number of carboxylic acids is 1. The number of ether oxygens (including phenoxy) is 1. The number of hydrogen-bond donors (Lipinski definition) is 2. The predicted octanol–water partition coefficient (Wildman–Crippen LogP) is 3.27. The summed E-state index contributed by atoms with van der Waals surface area (Å²) in [7, 11) is -4.01. The Hall–Kier alpha value is -2.91. The van der Waals surface area contributed by atoms with E-state index in [0.717, 1.165) is 5.56 Å². The van der Waals surface area contributed by atoms with Gasteiger partial charge in [0.1, 0.15) is 5.75 Å². The molecule has 172 valence electrons. The number of benzene rings is 2. The summed E-state index contributed by atoms with van der Waals surface area (Å²) in [6.07, 6.45) is 0.119. The molecule has 1 aliphatic rings. The van der Waals surface area contributed by atoms with Crippen molar-refractivity contribution in [3.05, 3.63) is 53.6 Å². The lowest BCUT2D eigenvalue weighted by Gasteiger charge is -2.21. The zero-order valence-corrected chi connectivity index (χ0v) is 19.3. The third-order valence-corrected chi connectivity index (χ3v) is 6.72. The summed E-state index contributed by atoms with van der Waals surface area (Å²) in [6, 6.07) is 10.3. The molecule has 0 saturated heterocycles. The van der Waals surface area contributed by atoms with Gasteiger partial charge in [0, 0.05) is 18.7 Å². The molecule has 1 heterocycles.